The first-order chi connectivity index (χ1) is 7.41. The van der Waals surface area contributed by atoms with Gasteiger partial charge in [-0.1, -0.05) is 0 Å². The Labute approximate surface area is 88.6 Å². The second-order valence-electron chi connectivity index (χ2n) is 2.80. The maximum atomic E-state index is 12.7. The Morgan fingerprint density at radius 3 is 2.81 bits per heavy atom. The number of rotatable bonds is 4. The zero-order chi connectivity index (χ0) is 12.3. The number of aliphatic carboxylic acids is 1. The van der Waals surface area contributed by atoms with Crippen LogP contribution in [0.2, 0.25) is 0 Å². The fourth-order valence-electron chi connectivity index (χ4n) is 0.915. The molecule has 0 aliphatic carbocycles. The average molecular weight is 230 g/mol. The Morgan fingerprint density at radius 2 is 2.31 bits per heavy atom. The highest BCUT2D eigenvalue weighted by Crippen LogP contribution is 2.25. The summed E-state index contributed by atoms with van der Waals surface area (Å²) in [6.45, 7) is 1.50. The lowest BCUT2D eigenvalue weighted by Crippen LogP contribution is -2.22. The smallest absolute Gasteiger partial charge is 0.406 e. The number of aromatic nitrogens is 1. The quantitative estimate of drug-likeness (QED) is 0.612. The Hall–Kier alpha value is -2.25. The van der Waals surface area contributed by atoms with Gasteiger partial charge in [-0.15, -0.1) is 0 Å². The van der Waals surface area contributed by atoms with Crippen molar-refractivity contribution in [2.24, 2.45) is 0 Å². The topological polar surface area (TPSA) is 103 Å². The summed E-state index contributed by atoms with van der Waals surface area (Å²) in [5, 5.41) is 18.8. The summed E-state index contributed by atoms with van der Waals surface area (Å²) in [5.41, 5.74) is 0.338. The van der Waals surface area contributed by atoms with Crippen molar-refractivity contribution in [3.63, 3.8) is 0 Å². The van der Waals surface area contributed by atoms with Gasteiger partial charge in [0.15, 0.2) is 0 Å². The second-order valence-corrected chi connectivity index (χ2v) is 2.80. The van der Waals surface area contributed by atoms with Crippen molar-refractivity contribution in [2.75, 3.05) is 0 Å². The third-order valence-corrected chi connectivity index (χ3v) is 1.58. The molecule has 1 aromatic heterocycles. The number of carbonyl (C=O) groups is 1. The van der Waals surface area contributed by atoms with Crippen LogP contribution in [-0.4, -0.2) is 27.3 Å². The number of aryl methyl sites for hydroxylation is 1. The summed E-state index contributed by atoms with van der Waals surface area (Å²) in [5.74, 6) is -3.11. The van der Waals surface area contributed by atoms with Gasteiger partial charge in [-0.05, 0) is 22.0 Å². The number of carboxylic acids is 1. The van der Waals surface area contributed by atoms with Crippen molar-refractivity contribution in [1.82, 2.24) is 4.98 Å². The Balaban J connectivity index is 3.04. The molecule has 1 rings (SSSR count). The van der Waals surface area contributed by atoms with Gasteiger partial charge in [0, 0.05) is 6.92 Å². The van der Waals surface area contributed by atoms with Crippen molar-refractivity contribution in [1.29, 1.82) is 0 Å². The van der Waals surface area contributed by atoms with Crippen LogP contribution in [0.3, 0.4) is 0 Å². The van der Waals surface area contributed by atoms with E-state index in [0.717, 1.165) is 6.07 Å². The summed E-state index contributed by atoms with van der Waals surface area (Å²) >= 11 is 0. The standard InChI is InChI=1S/C8H7FN2O5/c1-4-2-3-5(7(10-4)11(14)15)16-6(9)8(12)13/h2-3,6H,1H3,(H,12,13). The van der Waals surface area contributed by atoms with E-state index in [2.05, 4.69) is 9.72 Å². The highest BCUT2D eigenvalue weighted by Gasteiger charge is 2.24. The molecule has 0 aliphatic heterocycles. The molecule has 8 heteroatoms. The first-order valence-electron chi connectivity index (χ1n) is 4.07. The zero-order valence-corrected chi connectivity index (χ0v) is 8.08. The number of carboxylic acid groups (broad SMARTS) is 1. The van der Waals surface area contributed by atoms with Gasteiger partial charge in [-0.2, -0.15) is 4.39 Å². The molecule has 16 heavy (non-hydrogen) atoms. The fraction of sp³-hybridized carbons (Fsp3) is 0.250. The summed E-state index contributed by atoms with van der Waals surface area (Å²) in [4.78, 5) is 23.3. The third-order valence-electron chi connectivity index (χ3n) is 1.58. The maximum absolute atomic E-state index is 12.7. The number of hydrogen-bond donors (Lipinski definition) is 1. The molecule has 0 saturated heterocycles. The largest absolute Gasteiger partial charge is 0.476 e. The van der Waals surface area contributed by atoms with Gasteiger partial charge < -0.3 is 20.0 Å². The average Bonchev–Trinajstić information content (AvgIpc) is 2.20. The molecule has 0 fully saturated rings. The minimum atomic E-state index is -2.66. The first kappa shape index (κ1) is 11.8. The van der Waals surface area contributed by atoms with Crippen LogP contribution in [0, 0.1) is 17.0 Å². The monoisotopic (exact) mass is 230 g/mol. The van der Waals surface area contributed by atoms with E-state index in [1.54, 1.807) is 0 Å². The minimum absolute atomic E-state index is 0.338. The number of nitro groups is 1. The number of halogens is 1. The van der Waals surface area contributed by atoms with Crippen LogP contribution in [0.4, 0.5) is 10.2 Å². The van der Waals surface area contributed by atoms with Gasteiger partial charge in [0.2, 0.25) is 5.75 Å². The number of pyridine rings is 1. The Kier molecular flexibility index (Phi) is 3.33. The van der Waals surface area contributed by atoms with Crippen molar-refractivity contribution in [3.05, 3.63) is 27.9 Å². The van der Waals surface area contributed by atoms with E-state index in [9.17, 15) is 19.3 Å². The number of nitrogens with zero attached hydrogens (tertiary/aromatic N) is 2. The number of alkyl halides is 1. The van der Waals surface area contributed by atoms with E-state index < -0.39 is 28.8 Å². The fourth-order valence-corrected chi connectivity index (χ4v) is 0.915. The predicted molar refractivity (Wildman–Crippen MR) is 48.8 cm³/mol. The van der Waals surface area contributed by atoms with Crippen LogP contribution in [0.5, 0.6) is 5.75 Å². The first-order valence-corrected chi connectivity index (χ1v) is 4.07. The molecule has 1 aromatic rings. The molecular weight excluding hydrogens is 223 g/mol. The molecule has 0 aromatic carbocycles. The van der Waals surface area contributed by atoms with Gasteiger partial charge in [0.25, 0.3) is 0 Å². The molecule has 0 spiro atoms. The molecule has 86 valence electrons. The van der Waals surface area contributed by atoms with Crippen LogP contribution in [0.15, 0.2) is 12.1 Å². The molecule has 0 radical (unpaired) electrons. The minimum Gasteiger partial charge on any atom is -0.476 e. The summed E-state index contributed by atoms with van der Waals surface area (Å²) in [6.07, 6.45) is -2.66. The van der Waals surface area contributed by atoms with E-state index >= 15 is 0 Å². The molecule has 1 unspecified atom stereocenters. The van der Waals surface area contributed by atoms with E-state index in [1.165, 1.54) is 13.0 Å². The van der Waals surface area contributed by atoms with Crippen LogP contribution >= 0.6 is 0 Å². The SMILES string of the molecule is Cc1ccc(OC(F)C(=O)O)c([N+](=O)[O-])n1. The molecule has 0 bridgehead atoms. The maximum Gasteiger partial charge on any atom is 0.406 e. The Bertz CT molecular complexity index is 436. The van der Waals surface area contributed by atoms with Crippen molar-refractivity contribution >= 4 is 11.8 Å². The third kappa shape index (κ3) is 2.62. The molecule has 1 N–H and O–H groups in total. The number of ether oxygens (including phenoxy) is 1. The van der Waals surface area contributed by atoms with Crippen molar-refractivity contribution in [2.45, 2.75) is 13.3 Å². The van der Waals surface area contributed by atoms with Crippen LogP contribution in [0.25, 0.3) is 0 Å². The van der Waals surface area contributed by atoms with Crippen molar-refractivity contribution in [3.8, 4) is 5.75 Å². The lowest BCUT2D eigenvalue weighted by molar-refractivity contribution is -0.390. The second kappa shape index (κ2) is 4.51. The van der Waals surface area contributed by atoms with Crippen molar-refractivity contribution < 1.29 is 24.0 Å². The Morgan fingerprint density at radius 1 is 1.69 bits per heavy atom. The van der Waals surface area contributed by atoms with Gasteiger partial charge in [0.1, 0.15) is 5.69 Å². The van der Waals surface area contributed by atoms with Gasteiger partial charge in [-0.25, -0.2) is 4.79 Å². The molecule has 1 atom stereocenters. The summed E-state index contributed by atoms with van der Waals surface area (Å²) in [6, 6.07) is 2.44. The highest BCUT2D eigenvalue weighted by atomic mass is 19.1. The lowest BCUT2D eigenvalue weighted by Gasteiger charge is -2.06. The molecule has 1 heterocycles. The molecule has 0 amide bonds. The van der Waals surface area contributed by atoms with E-state index in [1.807, 2.05) is 0 Å². The van der Waals surface area contributed by atoms with Crippen LogP contribution in [0.1, 0.15) is 5.69 Å². The molecule has 7 nitrogen and oxygen atoms in total. The van der Waals surface area contributed by atoms with Crippen LogP contribution < -0.4 is 4.74 Å². The zero-order valence-electron chi connectivity index (χ0n) is 8.08. The van der Waals surface area contributed by atoms with Gasteiger partial charge in [-0.3, -0.25) is 0 Å². The lowest BCUT2D eigenvalue weighted by atomic mass is 10.3. The molecule has 0 saturated carbocycles. The van der Waals surface area contributed by atoms with E-state index in [-0.39, 0.29) is 0 Å². The van der Waals surface area contributed by atoms with E-state index in [4.69, 9.17) is 5.11 Å². The summed E-state index contributed by atoms with van der Waals surface area (Å²) in [7, 11) is 0. The predicted octanol–water partition coefficient (Wildman–Crippen LogP) is 1.06. The number of hydrogen-bond acceptors (Lipinski definition) is 5. The molecular formula is C8H7FN2O5. The van der Waals surface area contributed by atoms with E-state index in [0.29, 0.717) is 5.69 Å². The summed E-state index contributed by atoms with van der Waals surface area (Å²) < 4.78 is 16.9. The molecule has 0 aliphatic rings. The van der Waals surface area contributed by atoms with Gasteiger partial charge in [0.05, 0.1) is 0 Å². The van der Waals surface area contributed by atoms with Crippen LogP contribution in [-0.2, 0) is 4.79 Å². The normalized spacial score (nSPS) is 11.9. The van der Waals surface area contributed by atoms with Gasteiger partial charge >= 0.3 is 18.1 Å². The highest BCUT2D eigenvalue weighted by molar-refractivity contribution is 5.71.